The SMILES string of the molecule is CC(C)(C)OC(=O)NC[C@@H]1CCCCN1CC(=O)N(CCC#N)CCC#N. The summed E-state index contributed by atoms with van der Waals surface area (Å²) in [7, 11) is 0. The number of rotatable bonds is 8. The minimum Gasteiger partial charge on any atom is -0.444 e. The smallest absolute Gasteiger partial charge is 0.407 e. The fraction of sp³-hybridized carbons (Fsp3) is 0.789. The van der Waals surface area contributed by atoms with Gasteiger partial charge in [0.1, 0.15) is 5.60 Å². The molecule has 1 rings (SSSR count). The minimum absolute atomic E-state index is 0.0731. The molecule has 0 aliphatic carbocycles. The lowest BCUT2D eigenvalue weighted by molar-refractivity contribution is -0.133. The van der Waals surface area contributed by atoms with E-state index >= 15 is 0 Å². The summed E-state index contributed by atoms with van der Waals surface area (Å²) in [5.74, 6) is -0.0790. The van der Waals surface area contributed by atoms with E-state index < -0.39 is 11.7 Å². The van der Waals surface area contributed by atoms with Gasteiger partial charge in [-0.2, -0.15) is 10.5 Å². The normalized spacial score (nSPS) is 17.4. The maximum absolute atomic E-state index is 12.6. The zero-order valence-electron chi connectivity index (χ0n) is 16.7. The first-order valence-electron chi connectivity index (χ1n) is 9.49. The number of amides is 2. The van der Waals surface area contributed by atoms with Crippen molar-refractivity contribution in [3.63, 3.8) is 0 Å². The summed E-state index contributed by atoms with van der Waals surface area (Å²) in [6.45, 7) is 7.57. The van der Waals surface area contributed by atoms with Crippen LogP contribution in [0.5, 0.6) is 0 Å². The van der Waals surface area contributed by atoms with Crippen LogP contribution in [0.1, 0.15) is 52.9 Å². The first-order chi connectivity index (χ1) is 12.8. The number of carbonyl (C=O) groups is 2. The van der Waals surface area contributed by atoms with Crippen LogP contribution in [0.3, 0.4) is 0 Å². The molecule has 27 heavy (non-hydrogen) atoms. The van der Waals surface area contributed by atoms with Crippen molar-refractivity contribution in [1.29, 1.82) is 10.5 Å². The van der Waals surface area contributed by atoms with Crippen LogP contribution in [0.4, 0.5) is 4.79 Å². The van der Waals surface area contributed by atoms with E-state index in [4.69, 9.17) is 15.3 Å². The lowest BCUT2D eigenvalue weighted by atomic mass is 10.0. The summed E-state index contributed by atoms with van der Waals surface area (Å²) in [5.41, 5.74) is -0.547. The van der Waals surface area contributed by atoms with Crippen molar-refractivity contribution in [2.45, 2.75) is 64.5 Å². The third-order valence-electron chi connectivity index (χ3n) is 4.31. The van der Waals surface area contributed by atoms with E-state index in [0.29, 0.717) is 19.6 Å². The highest BCUT2D eigenvalue weighted by molar-refractivity contribution is 5.78. The number of likely N-dealkylation sites (tertiary alicyclic amines) is 1. The summed E-state index contributed by atoms with van der Waals surface area (Å²) < 4.78 is 5.27. The number of ether oxygens (including phenoxy) is 1. The Kier molecular flexibility index (Phi) is 9.60. The number of nitrogens with one attached hydrogen (secondary N) is 1. The Morgan fingerprint density at radius 2 is 1.81 bits per heavy atom. The predicted molar refractivity (Wildman–Crippen MR) is 100 cm³/mol. The predicted octanol–water partition coefficient (Wildman–Crippen LogP) is 2.02. The van der Waals surface area contributed by atoms with Gasteiger partial charge in [0.05, 0.1) is 31.5 Å². The first kappa shape index (κ1) is 22.7. The summed E-state index contributed by atoms with van der Waals surface area (Å²) in [4.78, 5) is 28.2. The zero-order valence-corrected chi connectivity index (χ0v) is 16.7. The van der Waals surface area contributed by atoms with Gasteiger partial charge >= 0.3 is 6.09 Å². The van der Waals surface area contributed by atoms with Crippen molar-refractivity contribution in [2.75, 3.05) is 32.7 Å². The number of nitrogens with zero attached hydrogens (tertiary/aromatic N) is 4. The summed E-state index contributed by atoms with van der Waals surface area (Å²) in [6.07, 6.45) is 3.01. The van der Waals surface area contributed by atoms with E-state index in [0.717, 1.165) is 25.8 Å². The number of hydrogen-bond acceptors (Lipinski definition) is 6. The maximum atomic E-state index is 12.6. The second-order valence-electron chi connectivity index (χ2n) is 7.70. The minimum atomic E-state index is -0.547. The van der Waals surface area contributed by atoms with Crippen molar-refractivity contribution in [1.82, 2.24) is 15.1 Å². The molecular weight excluding hydrogens is 346 g/mol. The Labute approximate surface area is 162 Å². The molecule has 0 aromatic carbocycles. The van der Waals surface area contributed by atoms with Crippen LogP contribution in [-0.2, 0) is 9.53 Å². The van der Waals surface area contributed by atoms with Gasteiger partial charge in [0.25, 0.3) is 0 Å². The van der Waals surface area contributed by atoms with Gasteiger partial charge in [-0.3, -0.25) is 9.69 Å². The molecule has 8 heteroatoms. The average molecular weight is 377 g/mol. The molecule has 0 aromatic heterocycles. The molecule has 0 bridgehead atoms. The second-order valence-corrected chi connectivity index (χ2v) is 7.70. The number of nitriles is 2. The molecule has 0 saturated carbocycles. The molecule has 0 unspecified atom stereocenters. The molecule has 1 atom stereocenters. The molecule has 2 amide bonds. The summed E-state index contributed by atoms with van der Waals surface area (Å²) >= 11 is 0. The average Bonchev–Trinajstić information content (AvgIpc) is 2.59. The van der Waals surface area contributed by atoms with Gasteiger partial charge in [0, 0.05) is 25.7 Å². The van der Waals surface area contributed by atoms with Gasteiger partial charge in [0.2, 0.25) is 5.91 Å². The largest absolute Gasteiger partial charge is 0.444 e. The molecule has 0 radical (unpaired) electrons. The van der Waals surface area contributed by atoms with Crippen LogP contribution in [0.2, 0.25) is 0 Å². The van der Waals surface area contributed by atoms with Crippen LogP contribution in [0.15, 0.2) is 0 Å². The third-order valence-corrected chi connectivity index (χ3v) is 4.31. The molecular formula is C19H31N5O3. The highest BCUT2D eigenvalue weighted by atomic mass is 16.6. The Morgan fingerprint density at radius 3 is 2.37 bits per heavy atom. The Morgan fingerprint density at radius 1 is 1.19 bits per heavy atom. The Hall–Kier alpha value is -2.32. The second kappa shape index (κ2) is 11.4. The maximum Gasteiger partial charge on any atom is 0.407 e. The van der Waals surface area contributed by atoms with E-state index in [-0.39, 0.29) is 31.3 Å². The van der Waals surface area contributed by atoms with Crippen molar-refractivity contribution >= 4 is 12.0 Å². The summed E-state index contributed by atoms with van der Waals surface area (Å²) in [5, 5.41) is 20.3. The van der Waals surface area contributed by atoms with Crippen LogP contribution < -0.4 is 5.32 Å². The highest BCUT2D eigenvalue weighted by Gasteiger charge is 2.27. The Bertz CT molecular complexity index is 555. The molecule has 8 nitrogen and oxygen atoms in total. The zero-order chi connectivity index (χ0) is 20.3. The fourth-order valence-electron chi connectivity index (χ4n) is 3.02. The molecule has 150 valence electrons. The number of hydrogen-bond donors (Lipinski definition) is 1. The van der Waals surface area contributed by atoms with Gasteiger partial charge in [-0.15, -0.1) is 0 Å². The molecule has 1 heterocycles. The van der Waals surface area contributed by atoms with Crippen molar-refractivity contribution in [3.8, 4) is 12.1 Å². The van der Waals surface area contributed by atoms with Crippen LogP contribution in [-0.4, -0.2) is 66.2 Å². The Balaban J connectivity index is 2.60. The van der Waals surface area contributed by atoms with E-state index in [2.05, 4.69) is 10.2 Å². The molecule has 1 aliphatic rings. The van der Waals surface area contributed by atoms with Gasteiger partial charge in [-0.05, 0) is 40.2 Å². The van der Waals surface area contributed by atoms with Crippen LogP contribution >= 0.6 is 0 Å². The molecule has 1 fully saturated rings. The van der Waals surface area contributed by atoms with Gasteiger partial charge < -0.3 is 15.0 Å². The van der Waals surface area contributed by atoms with Crippen molar-refractivity contribution in [3.05, 3.63) is 0 Å². The molecule has 1 N–H and O–H groups in total. The van der Waals surface area contributed by atoms with Crippen molar-refractivity contribution < 1.29 is 14.3 Å². The van der Waals surface area contributed by atoms with E-state index in [9.17, 15) is 9.59 Å². The van der Waals surface area contributed by atoms with Gasteiger partial charge in [-0.1, -0.05) is 6.42 Å². The van der Waals surface area contributed by atoms with Crippen LogP contribution in [0, 0.1) is 22.7 Å². The standard InChI is InChI=1S/C19H31N5O3/c1-19(2,3)27-18(26)22-14-16-8-4-5-11-24(16)15-17(25)23(12-6-9-20)13-7-10-21/h16H,4-8,11-15H2,1-3H3,(H,22,26)/t16-/m0/s1. The van der Waals surface area contributed by atoms with E-state index in [1.165, 1.54) is 0 Å². The monoisotopic (exact) mass is 377 g/mol. The molecule has 1 aliphatic heterocycles. The number of alkyl carbamates (subject to hydrolysis) is 1. The van der Waals surface area contributed by atoms with Gasteiger partial charge in [-0.25, -0.2) is 4.79 Å². The summed E-state index contributed by atoms with van der Waals surface area (Å²) in [6, 6.07) is 4.16. The fourth-order valence-corrected chi connectivity index (χ4v) is 3.02. The molecule has 0 spiro atoms. The quantitative estimate of drug-likeness (QED) is 0.693. The van der Waals surface area contributed by atoms with E-state index in [1.807, 2.05) is 32.9 Å². The van der Waals surface area contributed by atoms with Crippen LogP contribution in [0.25, 0.3) is 0 Å². The van der Waals surface area contributed by atoms with Gasteiger partial charge in [0.15, 0.2) is 0 Å². The van der Waals surface area contributed by atoms with E-state index in [1.54, 1.807) is 4.90 Å². The topological polar surface area (TPSA) is 109 Å². The molecule has 0 aromatic rings. The lowest BCUT2D eigenvalue weighted by Crippen LogP contribution is -2.51. The number of piperidine rings is 1. The van der Waals surface area contributed by atoms with Crippen molar-refractivity contribution in [2.24, 2.45) is 0 Å². The lowest BCUT2D eigenvalue weighted by Gasteiger charge is -2.36. The highest BCUT2D eigenvalue weighted by Crippen LogP contribution is 2.17. The first-order valence-corrected chi connectivity index (χ1v) is 9.49. The molecule has 1 saturated heterocycles. The third kappa shape index (κ3) is 9.25. The number of carbonyl (C=O) groups excluding carboxylic acids is 2.